The fraction of sp³-hybridized carbons (Fsp3) is 0.286. The Labute approximate surface area is 163 Å². The van der Waals surface area contributed by atoms with E-state index in [1.165, 1.54) is 0 Å². The molecule has 3 rings (SSSR count). The highest BCUT2D eigenvalue weighted by Crippen LogP contribution is 2.21. The lowest BCUT2D eigenvalue weighted by Crippen LogP contribution is -2.32. The van der Waals surface area contributed by atoms with Crippen LogP contribution < -0.4 is 15.0 Å². The number of anilines is 1. The fourth-order valence-corrected chi connectivity index (χ4v) is 2.84. The Morgan fingerprint density at radius 2 is 1.79 bits per heavy atom. The first-order valence-electron chi connectivity index (χ1n) is 9.15. The standard InChI is InChI=1S/C21H22N2O5/c24-19(22-12-14-27-18-5-2-1-3-6-18)15-28-21(26)16-8-10-17(11-9-16)23-13-4-7-20(23)25/h1-3,5-6,8-11H,4,7,12-15H2,(H,22,24). The molecule has 2 amide bonds. The molecule has 28 heavy (non-hydrogen) atoms. The van der Waals surface area contributed by atoms with Crippen molar-refractivity contribution in [2.24, 2.45) is 0 Å². The van der Waals surface area contributed by atoms with Crippen molar-refractivity contribution >= 4 is 23.5 Å². The van der Waals surface area contributed by atoms with Crippen molar-refractivity contribution in [1.29, 1.82) is 0 Å². The number of carbonyl (C=O) groups excluding carboxylic acids is 3. The van der Waals surface area contributed by atoms with Crippen molar-refractivity contribution in [3.05, 3.63) is 60.2 Å². The lowest BCUT2D eigenvalue weighted by molar-refractivity contribution is -0.124. The Hall–Kier alpha value is -3.35. The molecule has 0 aromatic heterocycles. The summed E-state index contributed by atoms with van der Waals surface area (Å²) in [5, 5.41) is 2.63. The van der Waals surface area contributed by atoms with Crippen LogP contribution in [-0.2, 0) is 14.3 Å². The van der Waals surface area contributed by atoms with Crippen LogP contribution in [0.5, 0.6) is 5.75 Å². The third-order valence-corrected chi connectivity index (χ3v) is 4.26. The van der Waals surface area contributed by atoms with Crippen LogP contribution in [0, 0.1) is 0 Å². The van der Waals surface area contributed by atoms with Gasteiger partial charge in [-0.3, -0.25) is 9.59 Å². The zero-order valence-corrected chi connectivity index (χ0v) is 15.4. The van der Waals surface area contributed by atoms with Gasteiger partial charge in [0.1, 0.15) is 12.4 Å². The minimum Gasteiger partial charge on any atom is -0.492 e. The highest BCUT2D eigenvalue weighted by Gasteiger charge is 2.21. The van der Waals surface area contributed by atoms with Crippen molar-refractivity contribution in [1.82, 2.24) is 5.32 Å². The van der Waals surface area contributed by atoms with Crippen molar-refractivity contribution < 1.29 is 23.9 Å². The Morgan fingerprint density at radius 1 is 1.04 bits per heavy atom. The number of hydrogen-bond acceptors (Lipinski definition) is 5. The number of ether oxygens (including phenoxy) is 2. The van der Waals surface area contributed by atoms with Gasteiger partial charge < -0.3 is 19.7 Å². The molecule has 0 saturated carbocycles. The summed E-state index contributed by atoms with van der Waals surface area (Å²) < 4.78 is 10.5. The van der Waals surface area contributed by atoms with Gasteiger partial charge in [0.05, 0.1) is 12.1 Å². The van der Waals surface area contributed by atoms with E-state index in [4.69, 9.17) is 9.47 Å². The summed E-state index contributed by atoms with van der Waals surface area (Å²) in [4.78, 5) is 37.3. The fourth-order valence-electron chi connectivity index (χ4n) is 2.84. The predicted molar refractivity (Wildman–Crippen MR) is 103 cm³/mol. The smallest absolute Gasteiger partial charge is 0.338 e. The molecule has 1 aliphatic heterocycles. The van der Waals surface area contributed by atoms with E-state index in [0.29, 0.717) is 31.7 Å². The molecule has 7 nitrogen and oxygen atoms in total. The van der Waals surface area contributed by atoms with Gasteiger partial charge >= 0.3 is 5.97 Å². The minimum atomic E-state index is -0.588. The number of amides is 2. The minimum absolute atomic E-state index is 0.0863. The number of para-hydroxylation sites is 1. The summed E-state index contributed by atoms with van der Waals surface area (Å²) in [6, 6.07) is 15.9. The van der Waals surface area contributed by atoms with Crippen LogP contribution in [0.4, 0.5) is 5.69 Å². The molecular formula is C21H22N2O5. The van der Waals surface area contributed by atoms with Gasteiger partial charge in [-0.15, -0.1) is 0 Å². The average molecular weight is 382 g/mol. The second-order valence-corrected chi connectivity index (χ2v) is 6.28. The van der Waals surface area contributed by atoms with Gasteiger partial charge in [0.2, 0.25) is 5.91 Å². The van der Waals surface area contributed by atoms with Crippen LogP contribution in [0.15, 0.2) is 54.6 Å². The molecule has 1 N–H and O–H groups in total. The van der Waals surface area contributed by atoms with Crippen LogP contribution in [0.3, 0.4) is 0 Å². The lowest BCUT2D eigenvalue weighted by atomic mass is 10.2. The number of nitrogens with zero attached hydrogens (tertiary/aromatic N) is 1. The monoisotopic (exact) mass is 382 g/mol. The second kappa shape index (κ2) is 9.55. The van der Waals surface area contributed by atoms with Crippen molar-refractivity contribution in [2.45, 2.75) is 12.8 Å². The highest BCUT2D eigenvalue weighted by molar-refractivity contribution is 5.96. The Bertz CT molecular complexity index is 820. The van der Waals surface area contributed by atoms with Crippen molar-refractivity contribution in [2.75, 3.05) is 31.2 Å². The molecule has 1 aliphatic rings. The van der Waals surface area contributed by atoms with Crippen LogP contribution in [0.2, 0.25) is 0 Å². The van der Waals surface area contributed by atoms with Crippen LogP contribution in [0.1, 0.15) is 23.2 Å². The number of rotatable bonds is 8. The third kappa shape index (κ3) is 5.33. The SMILES string of the molecule is O=C(COC(=O)c1ccc(N2CCCC2=O)cc1)NCCOc1ccccc1. The topological polar surface area (TPSA) is 84.9 Å². The van der Waals surface area contributed by atoms with E-state index in [2.05, 4.69) is 5.32 Å². The van der Waals surface area contributed by atoms with Crippen molar-refractivity contribution in [3.63, 3.8) is 0 Å². The largest absolute Gasteiger partial charge is 0.492 e. The molecular weight excluding hydrogens is 360 g/mol. The van der Waals surface area contributed by atoms with E-state index in [0.717, 1.165) is 17.9 Å². The second-order valence-electron chi connectivity index (χ2n) is 6.28. The molecule has 1 fully saturated rings. The number of benzene rings is 2. The zero-order valence-electron chi connectivity index (χ0n) is 15.4. The Morgan fingerprint density at radius 3 is 2.46 bits per heavy atom. The first-order chi connectivity index (χ1) is 13.6. The summed E-state index contributed by atoms with van der Waals surface area (Å²) in [6.07, 6.45) is 1.39. The average Bonchev–Trinajstić information content (AvgIpc) is 3.16. The number of nitrogens with one attached hydrogen (secondary N) is 1. The molecule has 0 bridgehead atoms. The number of carbonyl (C=O) groups is 3. The molecule has 146 valence electrons. The summed E-state index contributed by atoms with van der Waals surface area (Å²) in [6.45, 7) is 0.956. The molecule has 7 heteroatoms. The summed E-state index contributed by atoms with van der Waals surface area (Å²) in [5.41, 5.74) is 1.09. The quantitative estimate of drug-likeness (QED) is 0.559. The first-order valence-corrected chi connectivity index (χ1v) is 9.15. The van der Waals surface area contributed by atoms with Crippen LogP contribution in [-0.4, -0.2) is 44.1 Å². The maximum Gasteiger partial charge on any atom is 0.338 e. The maximum atomic E-state index is 12.1. The predicted octanol–water partition coefficient (Wildman–Crippen LogP) is 2.17. The van der Waals surface area contributed by atoms with Gasteiger partial charge in [0.15, 0.2) is 6.61 Å². The van der Waals surface area contributed by atoms with E-state index in [-0.39, 0.29) is 12.5 Å². The maximum absolute atomic E-state index is 12.1. The van der Waals surface area contributed by atoms with Gasteiger partial charge in [-0.2, -0.15) is 0 Å². The first kappa shape index (κ1) is 19.4. The third-order valence-electron chi connectivity index (χ3n) is 4.26. The van der Waals surface area contributed by atoms with Gasteiger partial charge in [0, 0.05) is 18.7 Å². The summed E-state index contributed by atoms with van der Waals surface area (Å²) in [7, 11) is 0. The van der Waals surface area contributed by atoms with Crippen molar-refractivity contribution in [3.8, 4) is 5.75 Å². The van der Waals surface area contributed by atoms with E-state index >= 15 is 0 Å². The highest BCUT2D eigenvalue weighted by atomic mass is 16.5. The van der Waals surface area contributed by atoms with Crippen LogP contribution >= 0.6 is 0 Å². The molecule has 0 aliphatic carbocycles. The number of hydrogen-bond donors (Lipinski definition) is 1. The van der Waals surface area contributed by atoms with E-state index in [9.17, 15) is 14.4 Å². The molecule has 1 heterocycles. The van der Waals surface area contributed by atoms with Crippen LogP contribution in [0.25, 0.3) is 0 Å². The molecule has 0 radical (unpaired) electrons. The molecule has 1 saturated heterocycles. The molecule has 0 atom stereocenters. The van der Waals surface area contributed by atoms with Gasteiger partial charge in [-0.25, -0.2) is 4.79 Å². The zero-order chi connectivity index (χ0) is 19.8. The molecule has 2 aromatic rings. The molecule has 0 spiro atoms. The summed E-state index contributed by atoms with van der Waals surface area (Å²) in [5.74, 6) is -0.176. The Balaban J connectivity index is 1.37. The molecule has 0 unspecified atom stereocenters. The van der Waals surface area contributed by atoms with Gasteiger partial charge in [-0.05, 0) is 42.8 Å². The van der Waals surface area contributed by atoms with E-state index in [1.807, 2.05) is 30.3 Å². The van der Waals surface area contributed by atoms with Gasteiger partial charge in [0.25, 0.3) is 5.91 Å². The summed E-state index contributed by atoms with van der Waals surface area (Å²) >= 11 is 0. The Kier molecular flexibility index (Phi) is 6.62. The number of esters is 1. The van der Waals surface area contributed by atoms with E-state index in [1.54, 1.807) is 29.2 Å². The lowest BCUT2D eigenvalue weighted by Gasteiger charge is -2.15. The van der Waals surface area contributed by atoms with E-state index < -0.39 is 11.9 Å². The van der Waals surface area contributed by atoms with Gasteiger partial charge in [-0.1, -0.05) is 18.2 Å². The molecule has 2 aromatic carbocycles. The normalized spacial score (nSPS) is 13.3.